The number of carbonyl (C=O) groups excluding carboxylic acids is 1. The molecule has 19 heavy (non-hydrogen) atoms. The van der Waals surface area contributed by atoms with E-state index in [1.165, 1.54) is 0 Å². The van der Waals surface area contributed by atoms with Crippen LogP contribution in [0.3, 0.4) is 0 Å². The molecule has 0 spiro atoms. The summed E-state index contributed by atoms with van der Waals surface area (Å²) in [6, 6.07) is 9.31. The van der Waals surface area contributed by atoms with Crippen molar-refractivity contribution in [1.29, 1.82) is 0 Å². The number of hydrogen-bond acceptors (Lipinski definition) is 3. The number of nitrogens with two attached hydrogens (primary N) is 1. The molecule has 0 unspecified atom stereocenters. The Bertz CT molecular complexity index is 445. The van der Waals surface area contributed by atoms with Crippen LogP contribution in [-0.4, -0.2) is 35.6 Å². The lowest BCUT2D eigenvalue weighted by atomic mass is 9.99. The highest BCUT2D eigenvalue weighted by Gasteiger charge is 2.37. The van der Waals surface area contributed by atoms with Crippen molar-refractivity contribution in [2.24, 2.45) is 5.73 Å². The second kappa shape index (κ2) is 5.31. The molecule has 2 N–H and O–H groups in total. The van der Waals surface area contributed by atoms with Gasteiger partial charge in [-0.3, -0.25) is 9.69 Å². The molecule has 0 bridgehead atoms. The van der Waals surface area contributed by atoms with Gasteiger partial charge < -0.3 is 10.5 Å². The highest BCUT2D eigenvalue weighted by atomic mass is 16.5. The number of primary amides is 1. The molecule has 2 rings (SSSR count). The summed E-state index contributed by atoms with van der Waals surface area (Å²) in [5.41, 5.74) is 6.29. The smallest absolute Gasteiger partial charge is 0.239 e. The zero-order valence-corrected chi connectivity index (χ0v) is 11.8. The van der Waals surface area contributed by atoms with E-state index in [1.807, 2.05) is 51.1 Å². The quantitative estimate of drug-likeness (QED) is 0.902. The summed E-state index contributed by atoms with van der Waals surface area (Å²) in [5, 5.41) is 0. The van der Waals surface area contributed by atoms with Crippen LogP contribution >= 0.6 is 0 Å². The van der Waals surface area contributed by atoms with Crippen molar-refractivity contribution in [3.05, 3.63) is 35.9 Å². The third kappa shape index (κ3) is 3.33. The van der Waals surface area contributed by atoms with Gasteiger partial charge in [0.25, 0.3) is 0 Å². The fourth-order valence-electron chi connectivity index (χ4n) is 2.89. The van der Waals surface area contributed by atoms with Gasteiger partial charge in [0.2, 0.25) is 5.91 Å². The Morgan fingerprint density at radius 1 is 1.42 bits per heavy atom. The van der Waals surface area contributed by atoms with E-state index < -0.39 is 0 Å². The van der Waals surface area contributed by atoms with Crippen LogP contribution in [0.2, 0.25) is 0 Å². The summed E-state index contributed by atoms with van der Waals surface area (Å²) in [7, 11) is 0. The summed E-state index contributed by atoms with van der Waals surface area (Å²) in [6.45, 7) is 7.51. The summed E-state index contributed by atoms with van der Waals surface area (Å²) in [5.74, 6) is -0.309. The van der Waals surface area contributed by atoms with Crippen LogP contribution in [0, 0.1) is 0 Å². The third-order valence-electron chi connectivity index (χ3n) is 3.35. The monoisotopic (exact) mass is 262 g/mol. The minimum atomic E-state index is -0.383. The van der Waals surface area contributed by atoms with Crippen LogP contribution in [-0.2, 0) is 9.53 Å². The van der Waals surface area contributed by atoms with Crippen LogP contribution in [0.25, 0.3) is 0 Å². The molecule has 4 heteroatoms. The van der Waals surface area contributed by atoms with Gasteiger partial charge in [0, 0.05) is 13.1 Å². The van der Waals surface area contributed by atoms with Gasteiger partial charge in [-0.1, -0.05) is 30.3 Å². The molecule has 0 radical (unpaired) electrons. The number of rotatable bonds is 3. The molecule has 0 aliphatic carbocycles. The van der Waals surface area contributed by atoms with E-state index in [-0.39, 0.29) is 23.7 Å². The molecule has 1 aromatic carbocycles. The highest BCUT2D eigenvalue weighted by Crippen LogP contribution is 2.28. The van der Waals surface area contributed by atoms with Gasteiger partial charge in [0.05, 0.1) is 11.7 Å². The number of carbonyl (C=O) groups is 1. The third-order valence-corrected chi connectivity index (χ3v) is 3.35. The van der Waals surface area contributed by atoms with E-state index in [0.29, 0.717) is 13.1 Å². The first-order chi connectivity index (χ1) is 8.89. The first-order valence-electron chi connectivity index (χ1n) is 6.65. The van der Waals surface area contributed by atoms with Crippen molar-refractivity contribution in [2.45, 2.75) is 38.5 Å². The summed E-state index contributed by atoms with van der Waals surface area (Å²) in [6.07, 6.45) is 0.0920. The first kappa shape index (κ1) is 14.0. The molecule has 4 nitrogen and oxygen atoms in total. The van der Waals surface area contributed by atoms with Crippen molar-refractivity contribution < 1.29 is 9.53 Å². The molecule has 1 heterocycles. The van der Waals surface area contributed by atoms with Gasteiger partial charge in [0.1, 0.15) is 6.04 Å². The molecule has 1 amide bonds. The average molecular weight is 262 g/mol. The first-order valence-corrected chi connectivity index (χ1v) is 6.65. The molecule has 2 atom stereocenters. The maximum absolute atomic E-state index is 11.9. The van der Waals surface area contributed by atoms with E-state index in [4.69, 9.17) is 10.5 Å². The molecular formula is C15H22N2O2. The predicted molar refractivity (Wildman–Crippen MR) is 74.6 cm³/mol. The molecule has 104 valence electrons. The number of ether oxygens (including phenoxy) is 1. The van der Waals surface area contributed by atoms with Gasteiger partial charge >= 0.3 is 0 Å². The SMILES string of the molecule is C[C@H]1CN([C@@H](C(N)=O)c2ccccc2)CC(C)(C)O1. The van der Waals surface area contributed by atoms with Gasteiger partial charge in [-0.2, -0.15) is 0 Å². The normalized spacial score (nSPS) is 24.9. The van der Waals surface area contributed by atoms with Crippen LogP contribution in [0.5, 0.6) is 0 Å². The number of morpholine rings is 1. The van der Waals surface area contributed by atoms with Crippen molar-refractivity contribution in [3.63, 3.8) is 0 Å². The Morgan fingerprint density at radius 3 is 2.58 bits per heavy atom. The Labute approximate surface area is 114 Å². The number of hydrogen-bond donors (Lipinski definition) is 1. The molecule has 1 aliphatic rings. The largest absolute Gasteiger partial charge is 0.370 e. The molecule has 1 aromatic rings. The lowest BCUT2D eigenvalue weighted by Gasteiger charge is -2.44. The van der Waals surface area contributed by atoms with Crippen molar-refractivity contribution in [2.75, 3.05) is 13.1 Å². The Kier molecular flexibility index (Phi) is 3.92. The number of benzene rings is 1. The van der Waals surface area contributed by atoms with Gasteiger partial charge in [-0.25, -0.2) is 0 Å². The standard InChI is InChI=1S/C15H22N2O2/c1-11-9-17(10-15(2,3)19-11)13(14(16)18)12-7-5-4-6-8-12/h4-8,11,13H,9-10H2,1-3H3,(H2,16,18)/t11-,13+/m0/s1. The maximum Gasteiger partial charge on any atom is 0.239 e. The van der Waals surface area contributed by atoms with E-state index in [9.17, 15) is 4.79 Å². The molecule has 0 aromatic heterocycles. The fourth-order valence-corrected chi connectivity index (χ4v) is 2.89. The van der Waals surface area contributed by atoms with E-state index >= 15 is 0 Å². The van der Waals surface area contributed by atoms with Crippen LogP contribution in [0.1, 0.15) is 32.4 Å². The van der Waals surface area contributed by atoms with E-state index in [2.05, 4.69) is 4.90 Å². The minimum absolute atomic E-state index is 0.0920. The highest BCUT2D eigenvalue weighted by molar-refractivity contribution is 5.81. The molecular weight excluding hydrogens is 240 g/mol. The fraction of sp³-hybridized carbons (Fsp3) is 0.533. The number of nitrogens with zero attached hydrogens (tertiary/aromatic N) is 1. The van der Waals surface area contributed by atoms with Crippen molar-refractivity contribution in [1.82, 2.24) is 4.90 Å². The minimum Gasteiger partial charge on any atom is -0.370 e. The second-order valence-corrected chi connectivity index (χ2v) is 5.83. The maximum atomic E-state index is 11.9. The van der Waals surface area contributed by atoms with E-state index in [0.717, 1.165) is 5.56 Å². The van der Waals surface area contributed by atoms with Crippen molar-refractivity contribution >= 4 is 5.91 Å². The van der Waals surface area contributed by atoms with Gasteiger partial charge in [-0.15, -0.1) is 0 Å². The lowest BCUT2D eigenvalue weighted by molar-refractivity contribution is -0.148. The zero-order valence-electron chi connectivity index (χ0n) is 11.8. The van der Waals surface area contributed by atoms with Crippen LogP contribution in [0.4, 0.5) is 0 Å². The van der Waals surface area contributed by atoms with Crippen LogP contribution in [0.15, 0.2) is 30.3 Å². The number of amides is 1. The topological polar surface area (TPSA) is 55.6 Å². The van der Waals surface area contributed by atoms with Crippen molar-refractivity contribution in [3.8, 4) is 0 Å². The predicted octanol–water partition coefficient (Wildman–Crippen LogP) is 1.71. The van der Waals surface area contributed by atoms with Gasteiger partial charge in [-0.05, 0) is 26.3 Å². The Hall–Kier alpha value is -1.39. The lowest BCUT2D eigenvalue weighted by Crippen LogP contribution is -2.54. The summed E-state index contributed by atoms with van der Waals surface area (Å²) < 4.78 is 5.88. The molecule has 0 saturated carbocycles. The van der Waals surface area contributed by atoms with E-state index in [1.54, 1.807) is 0 Å². The average Bonchev–Trinajstić information content (AvgIpc) is 2.27. The Morgan fingerprint density at radius 2 is 2.05 bits per heavy atom. The second-order valence-electron chi connectivity index (χ2n) is 5.83. The molecule has 1 fully saturated rings. The molecule has 1 saturated heterocycles. The zero-order chi connectivity index (χ0) is 14.0. The molecule has 1 aliphatic heterocycles. The summed E-state index contributed by atoms with van der Waals surface area (Å²) >= 11 is 0. The van der Waals surface area contributed by atoms with Gasteiger partial charge in [0.15, 0.2) is 0 Å². The Balaban J connectivity index is 2.27. The van der Waals surface area contributed by atoms with Crippen LogP contribution < -0.4 is 5.73 Å². The summed E-state index contributed by atoms with van der Waals surface area (Å²) in [4.78, 5) is 14.0.